The SMILES string of the molecule is CC(C)(C)OC(=O)N1CCN(CCNC(=O)COc2ccc(Cl)cc2Cl)CC1. The molecule has 1 heterocycles. The number of halogens is 2. The second kappa shape index (κ2) is 10.2. The maximum atomic E-state index is 12.1. The smallest absolute Gasteiger partial charge is 0.410 e. The van der Waals surface area contributed by atoms with Crippen LogP contribution < -0.4 is 10.1 Å². The van der Waals surface area contributed by atoms with Crippen LogP contribution in [0.15, 0.2) is 18.2 Å². The number of benzene rings is 1. The number of rotatable bonds is 6. The largest absolute Gasteiger partial charge is 0.482 e. The normalized spacial score (nSPS) is 15.2. The molecule has 0 bridgehead atoms. The summed E-state index contributed by atoms with van der Waals surface area (Å²) in [5.41, 5.74) is -0.489. The van der Waals surface area contributed by atoms with E-state index in [1.165, 1.54) is 0 Å². The third-order valence-corrected chi connectivity index (χ3v) is 4.56. The summed E-state index contributed by atoms with van der Waals surface area (Å²) in [4.78, 5) is 27.9. The molecule has 0 spiro atoms. The summed E-state index contributed by atoms with van der Waals surface area (Å²) in [5.74, 6) is 0.192. The van der Waals surface area contributed by atoms with Crippen LogP contribution in [0.4, 0.5) is 4.79 Å². The molecule has 1 N–H and O–H groups in total. The molecule has 0 saturated carbocycles. The fraction of sp³-hybridized carbons (Fsp3) is 0.579. The van der Waals surface area contributed by atoms with E-state index in [4.69, 9.17) is 32.7 Å². The standard InChI is InChI=1S/C19H27Cl2N3O4/c1-19(2,3)28-18(26)24-10-8-23(9-11-24)7-6-22-17(25)13-27-16-5-4-14(20)12-15(16)21/h4-5,12H,6-11,13H2,1-3H3,(H,22,25). The average molecular weight is 432 g/mol. The van der Waals surface area contributed by atoms with Crippen LogP contribution >= 0.6 is 23.2 Å². The fourth-order valence-corrected chi connectivity index (χ4v) is 3.08. The second-order valence-electron chi connectivity index (χ2n) is 7.52. The van der Waals surface area contributed by atoms with Crippen molar-refractivity contribution in [1.29, 1.82) is 0 Å². The lowest BCUT2D eigenvalue weighted by atomic mass is 10.2. The van der Waals surface area contributed by atoms with Gasteiger partial charge in [0.25, 0.3) is 5.91 Å². The van der Waals surface area contributed by atoms with Crippen LogP contribution in [-0.2, 0) is 9.53 Å². The monoisotopic (exact) mass is 431 g/mol. The molecule has 0 unspecified atom stereocenters. The summed E-state index contributed by atoms with van der Waals surface area (Å²) in [7, 11) is 0. The van der Waals surface area contributed by atoms with Crippen LogP contribution in [0.5, 0.6) is 5.75 Å². The van der Waals surface area contributed by atoms with Gasteiger partial charge in [0.1, 0.15) is 11.4 Å². The predicted molar refractivity (Wildman–Crippen MR) is 109 cm³/mol. The second-order valence-corrected chi connectivity index (χ2v) is 8.37. The van der Waals surface area contributed by atoms with E-state index < -0.39 is 5.60 Å². The Morgan fingerprint density at radius 1 is 1.14 bits per heavy atom. The molecule has 7 nitrogen and oxygen atoms in total. The highest BCUT2D eigenvalue weighted by Gasteiger charge is 2.25. The van der Waals surface area contributed by atoms with Crippen LogP contribution in [-0.4, -0.2) is 73.3 Å². The first-order valence-corrected chi connectivity index (χ1v) is 9.94. The Balaban J connectivity index is 1.62. The van der Waals surface area contributed by atoms with Crippen molar-refractivity contribution in [3.05, 3.63) is 28.2 Å². The van der Waals surface area contributed by atoms with E-state index in [1.54, 1.807) is 23.1 Å². The van der Waals surface area contributed by atoms with Gasteiger partial charge in [-0.25, -0.2) is 4.79 Å². The van der Waals surface area contributed by atoms with Crippen molar-refractivity contribution in [2.75, 3.05) is 45.9 Å². The van der Waals surface area contributed by atoms with Crippen molar-refractivity contribution >= 4 is 35.2 Å². The number of nitrogens with one attached hydrogen (secondary N) is 1. The van der Waals surface area contributed by atoms with Crippen molar-refractivity contribution < 1.29 is 19.1 Å². The number of amides is 2. The number of hydrogen-bond acceptors (Lipinski definition) is 5. The Hall–Kier alpha value is -1.70. The average Bonchev–Trinajstić information content (AvgIpc) is 2.60. The van der Waals surface area contributed by atoms with Crippen molar-refractivity contribution in [2.24, 2.45) is 0 Å². The molecule has 1 aromatic carbocycles. The molecule has 2 amide bonds. The van der Waals surface area contributed by atoms with E-state index in [0.29, 0.717) is 42.0 Å². The Morgan fingerprint density at radius 2 is 1.82 bits per heavy atom. The minimum absolute atomic E-state index is 0.117. The van der Waals surface area contributed by atoms with Crippen molar-refractivity contribution in [3.63, 3.8) is 0 Å². The quantitative estimate of drug-likeness (QED) is 0.749. The zero-order valence-electron chi connectivity index (χ0n) is 16.5. The third kappa shape index (κ3) is 7.73. The Bertz CT molecular complexity index is 686. The summed E-state index contributed by atoms with van der Waals surface area (Å²) in [6.07, 6.45) is -0.279. The molecule has 0 aliphatic carbocycles. The summed E-state index contributed by atoms with van der Waals surface area (Å²) in [6, 6.07) is 4.84. The van der Waals surface area contributed by atoms with E-state index in [9.17, 15) is 9.59 Å². The highest BCUT2D eigenvalue weighted by molar-refractivity contribution is 6.35. The van der Waals surface area contributed by atoms with E-state index in [-0.39, 0.29) is 18.6 Å². The number of hydrogen-bond donors (Lipinski definition) is 1. The minimum atomic E-state index is -0.489. The highest BCUT2D eigenvalue weighted by atomic mass is 35.5. The number of carbonyl (C=O) groups is 2. The van der Waals surface area contributed by atoms with Crippen LogP contribution in [0.2, 0.25) is 10.0 Å². The molecule has 0 radical (unpaired) electrons. The Labute approximate surface area is 175 Å². The Morgan fingerprint density at radius 3 is 2.43 bits per heavy atom. The number of nitrogens with zero attached hydrogens (tertiary/aromatic N) is 2. The summed E-state index contributed by atoms with van der Waals surface area (Å²) < 4.78 is 10.8. The van der Waals surface area contributed by atoms with E-state index in [0.717, 1.165) is 13.1 Å². The van der Waals surface area contributed by atoms with Gasteiger partial charge < -0.3 is 19.7 Å². The zero-order chi connectivity index (χ0) is 20.7. The highest BCUT2D eigenvalue weighted by Crippen LogP contribution is 2.27. The predicted octanol–water partition coefficient (Wildman–Crippen LogP) is 3.04. The lowest BCUT2D eigenvalue weighted by Crippen LogP contribution is -2.51. The van der Waals surface area contributed by atoms with Gasteiger partial charge in [0, 0.05) is 44.3 Å². The van der Waals surface area contributed by atoms with Gasteiger partial charge in [-0.2, -0.15) is 0 Å². The number of ether oxygens (including phenoxy) is 2. The van der Waals surface area contributed by atoms with Crippen LogP contribution in [0.3, 0.4) is 0 Å². The number of carbonyl (C=O) groups excluding carboxylic acids is 2. The molecule has 1 aliphatic heterocycles. The zero-order valence-corrected chi connectivity index (χ0v) is 18.0. The van der Waals surface area contributed by atoms with Gasteiger partial charge in [0.2, 0.25) is 0 Å². The van der Waals surface area contributed by atoms with Crippen LogP contribution in [0.1, 0.15) is 20.8 Å². The van der Waals surface area contributed by atoms with Gasteiger partial charge in [-0.3, -0.25) is 9.69 Å². The first-order valence-electron chi connectivity index (χ1n) is 9.19. The molecule has 1 aromatic rings. The molecule has 0 aromatic heterocycles. The summed E-state index contributed by atoms with van der Waals surface area (Å²) in [6.45, 7) is 9.36. The van der Waals surface area contributed by atoms with Crippen LogP contribution in [0.25, 0.3) is 0 Å². The molecule has 28 heavy (non-hydrogen) atoms. The first-order chi connectivity index (χ1) is 13.1. The van der Waals surface area contributed by atoms with Crippen LogP contribution in [0, 0.1) is 0 Å². The molecule has 1 saturated heterocycles. The maximum absolute atomic E-state index is 12.1. The molecule has 0 atom stereocenters. The molecule has 1 fully saturated rings. The third-order valence-electron chi connectivity index (χ3n) is 4.03. The van der Waals surface area contributed by atoms with Crippen molar-refractivity contribution in [2.45, 2.75) is 26.4 Å². The Kier molecular flexibility index (Phi) is 8.22. The number of piperazine rings is 1. The molecule has 9 heteroatoms. The molecular formula is C19H27Cl2N3O4. The lowest BCUT2D eigenvalue weighted by molar-refractivity contribution is -0.123. The maximum Gasteiger partial charge on any atom is 0.410 e. The van der Waals surface area contributed by atoms with E-state index >= 15 is 0 Å². The minimum Gasteiger partial charge on any atom is -0.482 e. The fourth-order valence-electron chi connectivity index (χ4n) is 2.62. The summed E-state index contributed by atoms with van der Waals surface area (Å²) in [5, 5.41) is 3.69. The lowest BCUT2D eigenvalue weighted by Gasteiger charge is -2.35. The van der Waals surface area contributed by atoms with Gasteiger partial charge in [-0.05, 0) is 39.0 Å². The topological polar surface area (TPSA) is 71.1 Å². The molecule has 1 aliphatic rings. The molecular weight excluding hydrogens is 405 g/mol. The van der Waals surface area contributed by atoms with E-state index in [2.05, 4.69) is 10.2 Å². The van der Waals surface area contributed by atoms with Crippen molar-refractivity contribution in [1.82, 2.24) is 15.1 Å². The van der Waals surface area contributed by atoms with E-state index in [1.807, 2.05) is 20.8 Å². The van der Waals surface area contributed by atoms with Gasteiger partial charge in [0.15, 0.2) is 6.61 Å². The van der Waals surface area contributed by atoms with Gasteiger partial charge in [-0.1, -0.05) is 23.2 Å². The molecule has 2 rings (SSSR count). The first kappa shape index (κ1) is 22.6. The van der Waals surface area contributed by atoms with Gasteiger partial charge in [-0.15, -0.1) is 0 Å². The van der Waals surface area contributed by atoms with Gasteiger partial charge >= 0.3 is 6.09 Å². The van der Waals surface area contributed by atoms with Crippen molar-refractivity contribution in [3.8, 4) is 5.75 Å². The molecule has 156 valence electrons. The summed E-state index contributed by atoms with van der Waals surface area (Å²) >= 11 is 11.8. The van der Waals surface area contributed by atoms with Gasteiger partial charge in [0.05, 0.1) is 5.02 Å².